The number of H-pyrrole nitrogens is 1. The van der Waals surface area contributed by atoms with Crippen molar-refractivity contribution in [2.75, 3.05) is 0 Å². The Hall–Kier alpha value is -3.68. The molecule has 29 heavy (non-hydrogen) atoms. The second-order valence-corrected chi connectivity index (χ2v) is 6.76. The number of nitrogens with zero attached hydrogens (tertiary/aromatic N) is 6. The molecular formula is C17H9Cl2N7O3. The molecule has 0 aliphatic carbocycles. The van der Waals surface area contributed by atoms with E-state index in [-0.39, 0.29) is 21.3 Å². The van der Waals surface area contributed by atoms with Gasteiger partial charge in [0, 0.05) is 13.1 Å². The topological polar surface area (TPSA) is 131 Å². The minimum atomic E-state index is -0.892. The summed E-state index contributed by atoms with van der Waals surface area (Å²) in [6, 6.07) is 7.38. The summed E-state index contributed by atoms with van der Waals surface area (Å²) in [4.78, 5) is 37.4. The summed E-state index contributed by atoms with van der Waals surface area (Å²) in [5, 5.41) is 17.2. The van der Waals surface area contributed by atoms with E-state index in [0.29, 0.717) is 16.7 Å². The first-order valence-electron chi connectivity index (χ1n) is 7.99. The van der Waals surface area contributed by atoms with Crippen LogP contribution in [0.2, 0.25) is 10.0 Å². The Labute approximate surface area is 170 Å². The molecule has 0 saturated carbocycles. The van der Waals surface area contributed by atoms with Crippen LogP contribution in [0.1, 0.15) is 5.69 Å². The van der Waals surface area contributed by atoms with Gasteiger partial charge in [0.25, 0.3) is 11.1 Å². The fourth-order valence-electron chi connectivity index (χ4n) is 2.85. The van der Waals surface area contributed by atoms with Crippen LogP contribution in [0.5, 0.6) is 0 Å². The standard InChI is InChI=1S/C17H9Cl2N7O3/c1-24-13-7-21-26(12(13)2-3-14(24)27)15-9(18)4-8(5-10(15)19)25-17(29)22-16(28)11(6-20)23-25/h2-5,7H,1H3,(H,22,28,29). The lowest BCUT2D eigenvalue weighted by Gasteiger charge is -2.12. The van der Waals surface area contributed by atoms with Gasteiger partial charge in [-0.1, -0.05) is 23.2 Å². The first-order valence-corrected chi connectivity index (χ1v) is 8.74. The largest absolute Gasteiger partial charge is 0.349 e. The highest BCUT2D eigenvalue weighted by Gasteiger charge is 2.17. The van der Waals surface area contributed by atoms with Gasteiger partial charge in [0.2, 0.25) is 5.69 Å². The molecule has 10 nitrogen and oxygen atoms in total. The molecule has 0 aliphatic rings. The van der Waals surface area contributed by atoms with Crippen LogP contribution < -0.4 is 16.8 Å². The van der Waals surface area contributed by atoms with Crippen LogP contribution in [0.4, 0.5) is 0 Å². The first-order chi connectivity index (χ1) is 13.8. The number of benzene rings is 1. The number of aromatic nitrogens is 6. The van der Waals surface area contributed by atoms with Crippen molar-refractivity contribution in [3.63, 3.8) is 0 Å². The number of hydrogen-bond acceptors (Lipinski definition) is 6. The van der Waals surface area contributed by atoms with Crippen molar-refractivity contribution in [3.8, 4) is 17.4 Å². The molecule has 0 unspecified atom stereocenters. The van der Waals surface area contributed by atoms with Gasteiger partial charge < -0.3 is 4.57 Å². The van der Waals surface area contributed by atoms with Crippen LogP contribution in [0.15, 0.2) is 44.8 Å². The third-order valence-electron chi connectivity index (χ3n) is 4.25. The number of pyridine rings is 1. The first kappa shape index (κ1) is 18.7. The van der Waals surface area contributed by atoms with Crippen molar-refractivity contribution in [1.82, 2.24) is 29.1 Å². The molecule has 0 atom stereocenters. The van der Waals surface area contributed by atoms with E-state index in [1.165, 1.54) is 33.6 Å². The van der Waals surface area contributed by atoms with Crippen molar-refractivity contribution < 1.29 is 0 Å². The molecule has 1 N–H and O–H groups in total. The van der Waals surface area contributed by atoms with E-state index >= 15 is 0 Å². The Morgan fingerprint density at radius 3 is 2.41 bits per heavy atom. The van der Waals surface area contributed by atoms with Gasteiger partial charge in [0.15, 0.2) is 0 Å². The summed E-state index contributed by atoms with van der Waals surface area (Å²) in [5.74, 6) is 0. The number of fused-ring (bicyclic) bond motifs is 1. The predicted octanol–water partition coefficient (Wildman–Crippen LogP) is 1.14. The third-order valence-corrected chi connectivity index (χ3v) is 4.83. The normalized spacial score (nSPS) is 11.0. The fraction of sp³-hybridized carbons (Fsp3) is 0.0588. The molecule has 0 radical (unpaired) electrons. The average molecular weight is 430 g/mol. The van der Waals surface area contributed by atoms with Crippen molar-refractivity contribution in [2.45, 2.75) is 0 Å². The van der Waals surface area contributed by atoms with Gasteiger partial charge in [-0.05, 0) is 18.2 Å². The summed E-state index contributed by atoms with van der Waals surface area (Å²) in [6.45, 7) is 0. The molecule has 1 aromatic carbocycles. The maximum Gasteiger partial charge on any atom is 0.349 e. The molecule has 12 heteroatoms. The highest BCUT2D eigenvalue weighted by molar-refractivity contribution is 6.38. The quantitative estimate of drug-likeness (QED) is 0.507. The molecule has 3 aromatic heterocycles. The van der Waals surface area contributed by atoms with Crippen LogP contribution in [0, 0.1) is 11.3 Å². The van der Waals surface area contributed by atoms with Crippen LogP contribution in [0.25, 0.3) is 22.4 Å². The Kier molecular flexibility index (Phi) is 4.34. The summed E-state index contributed by atoms with van der Waals surface area (Å²) in [7, 11) is 1.62. The molecule has 4 aromatic rings. The van der Waals surface area contributed by atoms with Gasteiger partial charge in [-0.3, -0.25) is 14.6 Å². The van der Waals surface area contributed by atoms with E-state index < -0.39 is 16.9 Å². The Bertz CT molecular complexity index is 1500. The van der Waals surface area contributed by atoms with Crippen LogP contribution >= 0.6 is 23.2 Å². The smallest absolute Gasteiger partial charge is 0.308 e. The van der Waals surface area contributed by atoms with Gasteiger partial charge in [-0.2, -0.15) is 15.0 Å². The molecule has 0 saturated heterocycles. The Balaban J connectivity index is 1.94. The molecule has 0 amide bonds. The van der Waals surface area contributed by atoms with Crippen molar-refractivity contribution in [1.29, 1.82) is 5.26 Å². The summed E-state index contributed by atoms with van der Waals surface area (Å²) < 4.78 is 3.71. The van der Waals surface area contributed by atoms with Gasteiger partial charge in [0.1, 0.15) is 11.8 Å². The van der Waals surface area contributed by atoms with E-state index in [1.54, 1.807) is 19.2 Å². The monoisotopic (exact) mass is 429 g/mol. The highest BCUT2D eigenvalue weighted by Crippen LogP contribution is 2.32. The second kappa shape index (κ2) is 6.73. The fourth-order valence-corrected chi connectivity index (χ4v) is 3.48. The van der Waals surface area contributed by atoms with E-state index in [1.807, 2.05) is 4.98 Å². The number of nitrogens with one attached hydrogen (secondary N) is 1. The lowest BCUT2D eigenvalue weighted by Crippen LogP contribution is -2.33. The average Bonchev–Trinajstić information content (AvgIpc) is 3.08. The van der Waals surface area contributed by atoms with E-state index in [0.717, 1.165) is 4.68 Å². The zero-order valence-corrected chi connectivity index (χ0v) is 16.1. The number of rotatable bonds is 2. The Morgan fingerprint density at radius 1 is 1.07 bits per heavy atom. The molecule has 0 fully saturated rings. The predicted molar refractivity (Wildman–Crippen MR) is 105 cm³/mol. The van der Waals surface area contributed by atoms with Crippen LogP contribution in [-0.4, -0.2) is 29.1 Å². The summed E-state index contributed by atoms with van der Waals surface area (Å²) in [5.41, 5.74) is -0.791. The lowest BCUT2D eigenvalue weighted by molar-refractivity contribution is 0.740. The zero-order chi connectivity index (χ0) is 20.9. The summed E-state index contributed by atoms with van der Waals surface area (Å²) in [6.07, 6.45) is 1.50. The SMILES string of the molecule is Cn1c(=O)ccc2c1cnn2-c1c(Cl)cc(-n2nc(C#N)c(=O)[nH]c2=O)cc1Cl. The molecule has 144 valence electrons. The van der Waals surface area contributed by atoms with Crippen LogP contribution in [0.3, 0.4) is 0 Å². The number of halogens is 2. The molecule has 4 rings (SSSR count). The van der Waals surface area contributed by atoms with Gasteiger partial charge in [-0.15, -0.1) is 5.10 Å². The molecular weight excluding hydrogens is 421 g/mol. The molecule has 0 spiro atoms. The van der Waals surface area contributed by atoms with E-state index in [4.69, 9.17) is 28.5 Å². The van der Waals surface area contributed by atoms with Crippen molar-refractivity contribution >= 4 is 34.2 Å². The number of nitriles is 1. The van der Waals surface area contributed by atoms with Gasteiger partial charge in [-0.25, -0.2) is 9.48 Å². The molecule has 3 heterocycles. The molecule has 0 aliphatic heterocycles. The van der Waals surface area contributed by atoms with Gasteiger partial charge >= 0.3 is 5.69 Å². The number of aryl methyl sites for hydroxylation is 1. The zero-order valence-electron chi connectivity index (χ0n) is 14.6. The number of aromatic amines is 1. The lowest BCUT2D eigenvalue weighted by atomic mass is 10.2. The van der Waals surface area contributed by atoms with Crippen LogP contribution in [-0.2, 0) is 7.05 Å². The minimum absolute atomic E-state index is 0.129. The van der Waals surface area contributed by atoms with Gasteiger partial charge in [0.05, 0.1) is 33.0 Å². The Morgan fingerprint density at radius 2 is 1.76 bits per heavy atom. The second-order valence-electron chi connectivity index (χ2n) is 5.95. The van der Waals surface area contributed by atoms with E-state index in [2.05, 4.69) is 10.2 Å². The minimum Gasteiger partial charge on any atom is -0.308 e. The maximum atomic E-state index is 12.1. The summed E-state index contributed by atoms with van der Waals surface area (Å²) >= 11 is 12.8. The third kappa shape index (κ3) is 2.93. The maximum absolute atomic E-state index is 12.1. The number of hydrogen-bond donors (Lipinski definition) is 1. The molecule has 0 bridgehead atoms. The van der Waals surface area contributed by atoms with E-state index in [9.17, 15) is 14.4 Å². The van der Waals surface area contributed by atoms with Crippen molar-refractivity contribution in [2.24, 2.45) is 7.05 Å². The highest BCUT2D eigenvalue weighted by atomic mass is 35.5. The van der Waals surface area contributed by atoms with Crippen molar-refractivity contribution in [3.05, 3.63) is 77.4 Å².